The van der Waals surface area contributed by atoms with E-state index in [4.69, 9.17) is 23.8 Å². The lowest BCUT2D eigenvalue weighted by atomic mass is 10.1. The summed E-state index contributed by atoms with van der Waals surface area (Å²) in [5, 5.41) is 14.9. The molecule has 5 rings (SSSR count). The van der Waals surface area contributed by atoms with Crippen LogP contribution in [-0.2, 0) is 6.54 Å². The Balaban J connectivity index is 1.58. The molecule has 0 spiro atoms. The molecule has 0 saturated heterocycles. The predicted molar refractivity (Wildman–Crippen MR) is 126 cm³/mol. The molecule has 3 aromatic carbocycles. The fourth-order valence-corrected chi connectivity index (χ4v) is 4.11. The SMILES string of the molecule is CCn1c2ccccc2c2cc(/C=N\n3c(-c4ccc(Cl)cc4)n[nH]c3=S)ccc21. The number of aryl methyl sites for hydroxylation is 1. The number of nitrogens with one attached hydrogen (secondary N) is 1. The number of hydrogen-bond acceptors (Lipinski definition) is 3. The van der Waals surface area contributed by atoms with Gasteiger partial charge in [0.2, 0.25) is 4.77 Å². The number of aromatic nitrogens is 4. The van der Waals surface area contributed by atoms with Gasteiger partial charge in [0, 0.05) is 38.9 Å². The molecule has 30 heavy (non-hydrogen) atoms. The second-order valence-corrected chi connectivity index (χ2v) is 7.78. The highest BCUT2D eigenvalue weighted by Crippen LogP contribution is 2.29. The van der Waals surface area contributed by atoms with Gasteiger partial charge in [-0.15, -0.1) is 0 Å². The van der Waals surface area contributed by atoms with Gasteiger partial charge in [-0.05, 0) is 67.2 Å². The van der Waals surface area contributed by atoms with Gasteiger partial charge >= 0.3 is 0 Å². The summed E-state index contributed by atoms with van der Waals surface area (Å²) in [6, 6.07) is 22.3. The van der Waals surface area contributed by atoms with Gasteiger partial charge in [-0.2, -0.15) is 14.9 Å². The van der Waals surface area contributed by atoms with Gasteiger partial charge < -0.3 is 4.57 Å². The summed E-state index contributed by atoms with van der Waals surface area (Å²) in [6.07, 6.45) is 1.81. The van der Waals surface area contributed by atoms with Crippen LogP contribution in [0.15, 0.2) is 71.8 Å². The molecule has 0 bridgehead atoms. The lowest BCUT2D eigenvalue weighted by Crippen LogP contribution is -1.95. The maximum atomic E-state index is 6.00. The lowest BCUT2D eigenvalue weighted by Gasteiger charge is -2.03. The Bertz CT molecular complexity index is 1460. The van der Waals surface area contributed by atoms with Gasteiger partial charge in [-0.1, -0.05) is 35.9 Å². The van der Waals surface area contributed by atoms with Crippen molar-refractivity contribution >= 4 is 51.8 Å². The van der Waals surface area contributed by atoms with Gasteiger partial charge in [0.15, 0.2) is 5.82 Å². The smallest absolute Gasteiger partial charge is 0.216 e. The van der Waals surface area contributed by atoms with Crippen LogP contribution in [0, 0.1) is 4.77 Å². The van der Waals surface area contributed by atoms with E-state index in [9.17, 15) is 0 Å². The fraction of sp³-hybridized carbons (Fsp3) is 0.0870. The van der Waals surface area contributed by atoms with Gasteiger partial charge in [-0.3, -0.25) is 0 Å². The zero-order valence-corrected chi connectivity index (χ0v) is 17.8. The highest BCUT2D eigenvalue weighted by molar-refractivity contribution is 7.71. The van der Waals surface area contributed by atoms with Crippen molar-refractivity contribution in [3.8, 4) is 11.4 Å². The summed E-state index contributed by atoms with van der Waals surface area (Å²) >= 11 is 11.4. The summed E-state index contributed by atoms with van der Waals surface area (Å²) in [5.74, 6) is 0.636. The van der Waals surface area contributed by atoms with Crippen molar-refractivity contribution in [3.63, 3.8) is 0 Å². The van der Waals surface area contributed by atoms with Crippen LogP contribution in [0.2, 0.25) is 5.02 Å². The van der Waals surface area contributed by atoms with E-state index in [-0.39, 0.29) is 0 Å². The fourth-order valence-electron chi connectivity index (χ4n) is 3.80. The van der Waals surface area contributed by atoms with Gasteiger partial charge in [0.25, 0.3) is 0 Å². The third kappa shape index (κ3) is 3.14. The highest BCUT2D eigenvalue weighted by atomic mass is 35.5. The third-order valence-electron chi connectivity index (χ3n) is 5.19. The van der Waals surface area contributed by atoms with Crippen LogP contribution in [0.3, 0.4) is 0 Å². The van der Waals surface area contributed by atoms with Crippen LogP contribution >= 0.6 is 23.8 Å². The molecule has 0 atom stereocenters. The topological polar surface area (TPSA) is 50.9 Å². The molecular formula is C23H18ClN5S. The summed E-state index contributed by atoms with van der Waals surface area (Å²) in [6.45, 7) is 3.09. The molecule has 0 aliphatic carbocycles. The number of benzene rings is 3. The number of halogens is 1. The van der Waals surface area contributed by atoms with E-state index in [1.807, 2.05) is 30.5 Å². The van der Waals surface area contributed by atoms with E-state index in [1.54, 1.807) is 4.68 Å². The van der Waals surface area contributed by atoms with Crippen molar-refractivity contribution in [3.05, 3.63) is 82.1 Å². The number of aromatic amines is 1. The van der Waals surface area contributed by atoms with Crippen LogP contribution in [0.1, 0.15) is 12.5 Å². The van der Waals surface area contributed by atoms with Gasteiger partial charge in [0.1, 0.15) is 0 Å². The summed E-state index contributed by atoms with van der Waals surface area (Å²) in [4.78, 5) is 0. The molecule has 0 aliphatic heterocycles. The normalized spacial score (nSPS) is 11.8. The summed E-state index contributed by atoms with van der Waals surface area (Å²) in [5.41, 5.74) is 4.33. The second kappa shape index (κ2) is 7.55. The molecule has 2 heterocycles. The maximum absolute atomic E-state index is 6.00. The third-order valence-corrected chi connectivity index (χ3v) is 5.70. The summed E-state index contributed by atoms with van der Waals surface area (Å²) in [7, 11) is 0. The number of fused-ring (bicyclic) bond motifs is 3. The summed E-state index contributed by atoms with van der Waals surface area (Å²) < 4.78 is 4.38. The van der Waals surface area contributed by atoms with Crippen molar-refractivity contribution in [2.75, 3.05) is 0 Å². The number of hydrogen-bond donors (Lipinski definition) is 1. The minimum absolute atomic E-state index is 0.430. The van der Waals surface area contributed by atoms with Crippen LogP contribution in [0.5, 0.6) is 0 Å². The molecule has 1 N–H and O–H groups in total. The average molecular weight is 432 g/mol. The minimum Gasteiger partial charge on any atom is -0.341 e. The van der Waals surface area contributed by atoms with E-state index in [2.05, 4.69) is 69.3 Å². The van der Waals surface area contributed by atoms with Crippen LogP contribution < -0.4 is 0 Å². The number of nitrogens with zero attached hydrogens (tertiary/aromatic N) is 4. The molecule has 2 aromatic heterocycles. The maximum Gasteiger partial charge on any atom is 0.216 e. The molecule has 0 radical (unpaired) electrons. The standard InChI is InChI=1S/C23H18ClN5S/c1-2-28-20-6-4-3-5-18(20)19-13-15(7-12-21(19)28)14-25-29-22(26-27-23(29)30)16-8-10-17(24)11-9-16/h3-14H,2H2,1H3,(H,27,30)/b25-14-. The Morgan fingerprint density at radius 3 is 2.60 bits per heavy atom. The highest BCUT2D eigenvalue weighted by Gasteiger charge is 2.10. The average Bonchev–Trinajstić information content (AvgIpc) is 3.30. The molecular weight excluding hydrogens is 414 g/mol. The zero-order chi connectivity index (χ0) is 20.7. The number of rotatable bonds is 4. The van der Waals surface area contributed by atoms with Gasteiger partial charge in [-0.25, -0.2) is 5.10 Å². The number of para-hydroxylation sites is 1. The first-order valence-corrected chi connectivity index (χ1v) is 10.4. The van der Waals surface area contributed by atoms with Crippen LogP contribution in [0.25, 0.3) is 33.2 Å². The number of H-pyrrole nitrogens is 1. The Morgan fingerprint density at radius 2 is 1.80 bits per heavy atom. The van der Waals surface area contributed by atoms with E-state index >= 15 is 0 Å². The molecule has 0 amide bonds. The molecule has 5 aromatic rings. The largest absolute Gasteiger partial charge is 0.341 e. The first-order valence-electron chi connectivity index (χ1n) is 9.64. The Morgan fingerprint density at radius 1 is 1.03 bits per heavy atom. The van der Waals surface area contributed by atoms with Crippen molar-refractivity contribution in [2.24, 2.45) is 5.10 Å². The van der Waals surface area contributed by atoms with Crippen molar-refractivity contribution in [1.29, 1.82) is 0 Å². The van der Waals surface area contributed by atoms with Crippen molar-refractivity contribution < 1.29 is 0 Å². The van der Waals surface area contributed by atoms with Gasteiger partial charge in [0.05, 0.1) is 6.21 Å². The van der Waals surface area contributed by atoms with E-state index in [0.717, 1.165) is 17.7 Å². The van der Waals surface area contributed by atoms with E-state index in [1.165, 1.54) is 21.8 Å². The zero-order valence-electron chi connectivity index (χ0n) is 16.2. The Kier molecular flexibility index (Phi) is 4.73. The van der Waals surface area contributed by atoms with Crippen molar-refractivity contribution in [1.82, 2.24) is 19.4 Å². The Hall–Kier alpha value is -3.22. The Labute approximate surface area is 183 Å². The molecule has 0 fully saturated rings. The second-order valence-electron chi connectivity index (χ2n) is 6.95. The molecule has 0 unspecified atom stereocenters. The molecule has 0 aliphatic rings. The van der Waals surface area contributed by atoms with Crippen molar-refractivity contribution in [2.45, 2.75) is 13.5 Å². The van der Waals surface area contributed by atoms with E-state index in [0.29, 0.717) is 15.6 Å². The van der Waals surface area contributed by atoms with Crippen LogP contribution in [0.4, 0.5) is 0 Å². The molecule has 0 saturated carbocycles. The van der Waals surface area contributed by atoms with Crippen LogP contribution in [-0.4, -0.2) is 25.7 Å². The monoisotopic (exact) mass is 431 g/mol. The molecule has 5 nitrogen and oxygen atoms in total. The first kappa shape index (κ1) is 18.8. The quantitative estimate of drug-likeness (QED) is 0.269. The first-order chi connectivity index (χ1) is 14.7. The lowest BCUT2D eigenvalue weighted by molar-refractivity contribution is 0.827. The molecule has 148 valence electrons. The minimum atomic E-state index is 0.430. The molecule has 7 heteroatoms. The predicted octanol–water partition coefficient (Wildman–Crippen LogP) is 6.27. The van der Waals surface area contributed by atoms with E-state index < -0.39 is 0 Å².